The highest BCUT2D eigenvalue weighted by atomic mass is 32.2. The molecule has 142 valence electrons. The molecule has 0 aromatic carbocycles. The van der Waals surface area contributed by atoms with E-state index in [9.17, 15) is 13.2 Å². The molecule has 3 unspecified atom stereocenters. The molecule has 8 nitrogen and oxygen atoms in total. The zero-order valence-electron chi connectivity index (χ0n) is 15.4. The summed E-state index contributed by atoms with van der Waals surface area (Å²) < 4.78 is 32.7. The molecule has 0 spiro atoms. The summed E-state index contributed by atoms with van der Waals surface area (Å²) in [5.74, 6) is 0.232. The van der Waals surface area contributed by atoms with Gasteiger partial charge in [0.1, 0.15) is 5.60 Å². The van der Waals surface area contributed by atoms with E-state index in [1.54, 1.807) is 20.8 Å². The molecule has 1 aliphatic rings. The Hall–Kier alpha value is -1.61. The number of nitrogens with zero attached hydrogens (tertiary/aromatic N) is 2. The van der Waals surface area contributed by atoms with Crippen LogP contribution < -0.4 is 5.32 Å². The lowest BCUT2D eigenvalue weighted by Gasteiger charge is -2.42. The van der Waals surface area contributed by atoms with Crippen LogP contribution in [-0.4, -0.2) is 53.0 Å². The molecule has 1 amide bonds. The third-order valence-electron chi connectivity index (χ3n) is 4.45. The van der Waals surface area contributed by atoms with E-state index in [1.165, 1.54) is 16.8 Å². The molecule has 2 heterocycles. The summed E-state index contributed by atoms with van der Waals surface area (Å²) in [6.45, 7) is 9.50. The number of imidazole rings is 1. The maximum absolute atomic E-state index is 13.0. The van der Waals surface area contributed by atoms with Crippen LogP contribution in [0.5, 0.6) is 0 Å². The first kappa shape index (κ1) is 19.7. The first-order valence-corrected chi connectivity index (χ1v) is 9.95. The maximum atomic E-state index is 13.0. The fourth-order valence-electron chi connectivity index (χ4n) is 3.03. The van der Waals surface area contributed by atoms with Crippen LogP contribution in [-0.2, 0) is 14.8 Å². The number of hydrogen-bond donors (Lipinski definition) is 2. The van der Waals surface area contributed by atoms with E-state index in [0.29, 0.717) is 6.42 Å². The van der Waals surface area contributed by atoms with Gasteiger partial charge in [-0.15, -0.1) is 0 Å². The van der Waals surface area contributed by atoms with Crippen molar-refractivity contribution in [2.24, 2.45) is 5.92 Å². The number of rotatable bonds is 4. The molecule has 1 saturated heterocycles. The van der Waals surface area contributed by atoms with Crippen LogP contribution in [0.1, 0.15) is 47.5 Å². The molecule has 2 N–H and O–H groups in total. The van der Waals surface area contributed by atoms with Gasteiger partial charge in [-0.05, 0) is 46.5 Å². The number of sulfonamides is 1. The van der Waals surface area contributed by atoms with Crippen molar-refractivity contribution in [1.82, 2.24) is 19.6 Å². The summed E-state index contributed by atoms with van der Waals surface area (Å²) >= 11 is 0. The Morgan fingerprint density at radius 1 is 1.40 bits per heavy atom. The van der Waals surface area contributed by atoms with Gasteiger partial charge in [-0.1, -0.05) is 6.92 Å². The Bertz CT molecular complexity index is 681. The van der Waals surface area contributed by atoms with Crippen molar-refractivity contribution >= 4 is 16.1 Å². The molecule has 1 aromatic heterocycles. The lowest BCUT2D eigenvalue weighted by Crippen LogP contribution is -2.55. The number of carbonyl (C=O) groups excluding carboxylic acids is 1. The molecule has 1 aliphatic heterocycles. The van der Waals surface area contributed by atoms with Gasteiger partial charge in [-0.2, -0.15) is 4.31 Å². The number of alkyl carbamates (subject to hydrolysis) is 1. The van der Waals surface area contributed by atoms with Crippen molar-refractivity contribution in [1.29, 1.82) is 0 Å². The molecule has 2 rings (SSSR count). The Morgan fingerprint density at radius 2 is 2.08 bits per heavy atom. The average Bonchev–Trinajstić information content (AvgIpc) is 3.01. The molecule has 3 atom stereocenters. The Labute approximate surface area is 149 Å². The van der Waals surface area contributed by atoms with Crippen molar-refractivity contribution in [3.05, 3.63) is 12.5 Å². The second-order valence-electron chi connectivity index (χ2n) is 7.58. The number of aromatic nitrogens is 2. The fourth-order valence-corrected chi connectivity index (χ4v) is 4.87. The van der Waals surface area contributed by atoms with Crippen LogP contribution >= 0.6 is 0 Å². The van der Waals surface area contributed by atoms with Gasteiger partial charge in [-0.25, -0.2) is 18.2 Å². The van der Waals surface area contributed by atoms with E-state index in [1.807, 2.05) is 13.8 Å². The van der Waals surface area contributed by atoms with Crippen molar-refractivity contribution in [3.8, 4) is 0 Å². The van der Waals surface area contributed by atoms with Crippen LogP contribution in [0.15, 0.2) is 17.6 Å². The Morgan fingerprint density at radius 3 is 2.64 bits per heavy atom. The van der Waals surface area contributed by atoms with Gasteiger partial charge in [0.2, 0.25) is 0 Å². The molecule has 25 heavy (non-hydrogen) atoms. The van der Waals surface area contributed by atoms with E-state index in [2.05, 4.69) is 15.3 Å². The minimum Gasteiger partial charge on any atom is -0.444 e. The number of ether oxygens (including phenoxy) is 1. The van der Waals surface area contributed by atoms with Gasteiger partial charge in [0.05, 0.1) is 12.5 Å². The quantitative estimate of drug-likeness (QED) is 0.842. The van der Waals surface area contributed by atoms with Crippen molar-refractivity contribution in [2.75, 3.05) is 6.54 Å². The third-order valence-corrected chi connectivity index (χ3v) is 6.41. The number of aromatic amines is 1. The van der Waals surface area contributed by atoms with E-state index in [0.717, 1.165) is 6.42 Å². The highest BCUT2D eigenvalue weighted by Crippen LogP contribution is 2.32. The van der Waals surface area contributed by atoms with Crippen LogP contribution in [0.3, 0.4) is 0 Å². The molecule has 0 saturated carbocycles. The fraction of sp³-hybridized carbons (Fsp3) is 0.750. The predicted molar refractivity (Wildman–Crippen MR) is 93.5 cm³/mol. The molecular weight excluding hydrogens is 344 g/mol. The van der Waals surface area contributed by atoms with Gasteiger partial charge in [0, 0.05) is 18.6 Å². The molecule has 0 bridgehead atoms. The zero-order chi connectivity index (χ0) is 18.8. The first-order chi connectivity index (χ1) is 11.5. The number of H-pyrrole nitrogens is 1. The minimum absolute atomic E-state index is 0.0655. The number of piperidine rings is 1. The summed E-state index contributed by atoms with van der Waals surface area (Å²) in [7, 11) is -3.71. The summed E-state index contributed by atoms with van der Waals surface area (Å²) in [5.41, 5.74) is -0.597. The highest BCUT2D eigenvalue weighted by Gasteiger charge is 2.41. The number of hydrogen-bond acceptors (Lipinski definition) is 5. The van der Waals surface area contributed by atoms with Crippen molar-refractivity contribution in [2.45, 2.75) is 70.2 Å². The second-order valence-corrected chi connectivity index (χ2v) is 9.39. The standard InChI is InChI=1S/C16H28N4O4S/c1-11-6-7-13(8-18-15(21)24-16(3,4)5)20(12(11)2)25(22,23)14-9-17-10-19-14/h9-13H,6-8H2,1-5H3,(H,17,19)(H,18,21). The Kier molecular flexibility index (Phi) is 5.78. The maximum Gasteiger partial charge on any atom is 0.407 e. The predicted octanol–water partition coefficient (Wildman–Crippen LogP) is 2.11. The number of nitrogens with one attached hydrogen (secondary N) is 2. The van der Waals surface area contributed by atoms with Gasteiger partial charge in [0.25, 0.3) is 10.0 Å². The molecule has 1 fully saturated rings. The van der Waals surface area contributed by atoms with Gasteiger partial charge >= 0.3 is 6.09 Å². The lowest BCUT2D eigenvalue weighted by atomic mass is 9.90. The largest absolute Gasteiger partial charge is 0.444 e. The first-order valence-electron chi connectivity index (χ1n) is 8.51. The van der Waals surface area contributed by atoms with E-state index >= 15 is 0 Å². The van der Waals surface area contributed by atoms with Crippen LogP contribution in [0.25, 0.3) is 0 Å². The summed E-state index contributed by atoms with van der Waals surface area (Å²) in [5, 5.41) is 2.76. The smallest absolute Gasteiger partial charge is 0.407 e. The van der Waals surface area contributed by atoms with Gasteiger partial charge < -0.3 is 15.0 Å². The molecule has 9 heteroatoms. The van der Waals surface area contributed by atoms with E-state index in [-0.39, 0.29) is 29.6 Å². The zero-order valence-corrected chi connectivity index (χ0v) is 16.3. The third kappa shape index (κ3) is 4.72. The topological polar surface area (TPSA) is 104 Å². The number of amides is 1. The summed E-state index contributed by atoms with van der Waals surface area (Å²) in [4.78, 5) is 18.4. The highest BCUT2D eigenvalue weighted by molar-refractivity contribution is 7.89. The summed E-state index contributed by atoms with van der Waals surface area (Å²) in [6, 6.07) is -0.500. The normalized spacial score (nSPS) is 25.6. The SMILES string of the molecule is CC1CCC(CNC(=O)OC(C)(C)C)N(S(=O)(=O)c2cnc[nH]2)C1C. The average molecular weight is 372 g/mol. The molecular formula is C16H28N4O4S. The molecule has 1 aromatic rings. The summed E-state index contributed by atoms with van der Waals surface area (Å²) in [6.07, 6.45) is 3.68. The molecule has 0 radical (unpaired) electrons. The Balaban J connectivity index is 2.16. The van der Waals surface area contributed by atoms with E-state index in [4.69, 9.17) is 4.74 Å². The van der Waals surface area contributed by atoms with Crippen LogP contribution in [0, 0.1) is 5.92 Å². The van der Waals surface area contributed by atoms with Gasteiger partial charge in [-0.3, -0.25) is 0 Å². The van der Waals surface area contributed by atoms with Crippen molar-refractivity contribution < 1.29 is 17.9 Å². The van der Waals surface area contributed by atoms with E-state index < -0.39 is 21.7 Å². The minimum atomic E-state index is -3.71. The monoisotopic (exact) mass is 372 g/mol. The second kappa shape index (κ2) is 7.33. The number of carbonyl (C=O) groups is 1. The molecule has 0 aliphatic carbocycles. The van der Waals surface area contributed by atoms with Crippen molar-refractivity contribution in [3.63, 3.8) is 0 Å². The van der Waals surface area contributed by atoms with Gasteiger partial charge in [0.15, 0.2) is 5.03 Å². The van der Waals surface area contributed by atoms with Crippen LogP contribution in [0.2, 0.25) is 0 Å². The lowest BCUT2D eigenvalue weighted by molar-refractivity contribution is 0.0497. The van der Waals surface area contributed by atoms with Crippen LogP contribution in [0.4, 0.5) is 4.79 Å².